The fourth-order valence-electron chi connectivity index (χ4n) is 2.32. The minimum absolute atomic E-state index is 0.258. The summed E-state index contributed by atoms with van der Waals surface area (Å²) in [7, 11) is 0. The Morgan fingerprint density at radius 1 is 1.15 bits per heavy atom. The van der Waals surface area contributed by atoms with Crippen LogP contribution in [-0.4, -0.2) is 0 Å². The second-order valence-electron chi connectivity index (χ2n) is 5.00. The van der Waals surface area contributed by atoms with Crippen molar-refractivity contribution < 1.29 is 8.78 Å². The van der Waals surface area contributed by atoms with Gasteiger partial charge in [0.1, 0.15) is 0 Å². The molecule has 0 aliphatic carbocycles. The molecular formula is C16H18F2N2. The molecule has 1 unspecified atom stereocenters. The number of nitrogens with one attached hydrogen (secondary N) is 1. The van der Waals surface area contributed by atoms with Crippen molar-refractivity contribution in [1.29, 1.82) is 0 Å². The molecule has 2 nitrogen and oxygen atoms in total. The summed E-state index contributed by atoms with van der Waals surface area (Å²) < 4.78 is 27.0. The van der Waals surface area contributed by atoms with Crippen LogP contribution in [0.2, 0.25) is 0 Å². The van der Waals surface area contributed by atoms with Crippen LogP contribution >= 0.6 is 0 Å². The Kier molecular flexibility index (Phi) is 4.47. The highest BCUT2D eigenvalue weighted by Gasteiger charge is 2.17. The fraction of sp³-hybridized carbons (Fsp3) is 0.250. The third-order valence-corrected chi connectivity index (χ3v) is 3.47. The molecule has 0 aliphatic rings. The molecule has 3 N–H and O–H groups in total. The summed E-state index contributed by atoms with van der Waals surface area (Å²) in [5, 5.41) is 0. The van der Waals surface area contributed by atoms with E-state index >= 15 is 0 Å². The topological polar surface area (TPSA) is 38.0 Å². The van der Waals surface area contributed by atoms with Gasteiger partial charge in [-0.1, -0.05) is 35.9 Å². The standard InChI is InChI=1S/C16H18F2N2/c1-10-6-7-11(2)13(8-10)15(20-19)9-12-4-3-5-14(17)16(12)18/h3-8,15,20H,9,19H2,1-2H3. The van der Waals surface area contributed by atoms with Gasteiger partial charge in [-0.05, 0) is 43.0 Å². The number of aryl methyl sites for hydroxylation is 2. The summed E-state index contributed by atoms with van der Waals surface area (Å²) in [6, 6.07) is 9.95. The minimum atomic E-state index is -0.834. The Labute approximate surface area is 117 Å². The molecular weight excluding hydrogens is 258 g/mol. The Morgan fingerprint density at radius 2 is 1.90 bits per heavy atom. The van der Waals surface area contributed by atoms with Gasteiger partial charge in [-0.15, -0.1) is 0 Å². The Hall–Kier alpha value is -1.78. The van der Waals surface area contributed by atoms with Crippen LogP contribution in [-0.2, 0) is 6.42 Å². The summed E-state index contributed by atoms with van der Waals surface area (Å²) >= 11 is 0. The van der Waals surface area contributed by atoms with Gasteiger partial charge in [0.15, 0.2) is 11.6 Å². The van der Waals surface area contributed by atoms with E-state index in [1.165, 1.54) is 6.07 Å². The van der Waals surface area contributed by atoms with Crippen LogP contribution in [0.3, 0.4) is 0 Å². The molecule has 0 radical (unpaired) electrons. The van der Waals surface area contributed by atoms with Crippen LogP contribution in [0.25, 0.3) is 0 Å². The molecule has 2 aromatic carbocycles. The monoisotopic (exact) mass is 276 g/mol. The Morgan fingerprint density at radius 3 is 2.60 bits per heavy atom. The van der Waals surface area contributed by atoms with Crippen LogP contribution in [0, 0.1) is 25.5 Å². The predicted molar refractivity (Wildman–Crippen MR) is 76.0 cm³/mol. The van der Waals surface area contributed by atoms with E-state index in [9.17, 15) is 8.78 Å². The van der Waals surface area contributed by atoms with Crippen molar-refractivity contribution in [3.05, 3.63) is 70.3 Å². The predicted octanol–water partition coefficient (Wildman–Crippen LogP) is 3.33. The van der Waals surface area contributed by atoms with Gasteiger partial charge in [-0.3, -0.25) is 11.3 Å². The first-order valence-corrected chi connectivity index (χ1v) is 6.49. The number of halogens is 2. The van der Waals surface area contributed by atoms with Crippen molar-refractivity contribution in [1.82, 2.24) is 5.43 Å². The minimum Gasteiger partial charge on any atom is -0.271 e. The highest BCUT2D eigenvalue weighted by atomic mass is 19.2. The van der Waals surface area contributed by atoms with E-state index in [2.05, 4.69) is 5.43 Å². The molecule has 0 aromatic heterocycles. The van der Waals surface area contributed by atoms with E-state index in [-0.39, 0.29) is 6.04 Å². The van der Waals surface area contributed by atoms with Crippen LogP contribution in [0.4, 0.5) is 8.78 Å². The molecule has 0 spiro atoms. The Bertz CT molecular complexity index is 611. The summed E-state index contributed by atoms with van der Waals surface area (Å²) in [4.78, 5) is 0. The number of hydrazine groups is 1. The normalized spacial score (nSPS) is 12.4. The third kappa shape index (κ3) is 3.03. The highest BCUT2D eigenvalue weighted by molar-refractivity contribution is 5.34. The van der Waals surface area contributed by atoms with Crippen molar-refractivity contribution in [2.45, 2.75) is 26.3 Å². The van der Waals surface area contributed by atoms with Crippen LogP contribution in [0.1, 0.15) is 28.3 Å². The molecule has 0 saturated carbocycles. The zero-order chi connectivity index (χ0) is 14.7. The molecule has 20 heavy (non-hydrogen) atoms. The fourth-order valence-corrected chi connectivity index (χ4v) is 2.32. The number of hydrogen-bond donors (Lipinski definition) is 2. The number of rotatable bonds is 4. The first-order valence-electron chi connectivity index (χ1n) is 6.49. The van der Waals surface area contributed by atoms with Crippen LogP contribution in [0.15, 0.2) is 36.4 Å². The van der Waals surface area contributed by atoms with Gasteiger partial charge < -0.3 is 0 Å². The van der Waals surface area contributed by atoms with E-state index in [0.717, 1.165) is 22.8 Å². The van der Waals surface area contributed by atoms with Crippen molar-refractivity contribution in [3.63, 3.8) is 0 Å². The van der Waals surface area contributed by atoms with Crippen molar-refractivity contribution in [2.24, 2.45) is 5.84 Å². The summed E-state index contributed by atoms with van der Waals surface area (Å²) in [5.74, 6) is 3.95. The maximum Gasteiger partial charge on any atom is 0.162 e. The first kappa shape index (κ1) is 14.6. The average Bonchev–Trinajstić information content (AvgIpc) is 2.43. The summed E-state index contributed by atoms with van der Waals surface area (Å²) in [6.45, 7) is 3.96. The zero-order valence-corrected chi connectivity index (χ0v) is 11.6. The first-order chi connectivity index (χ1) is 9.52. The SMILES string of the molecule is Cc1ccc(C)c(C(Cc2cccc(F)c2F)NN)c1. The van der Waals surface area contributed by atoms with E-state index in [1.54, 1.807) is 6.07 Å². The summed E-state index contributed by atoms with van der Waals surface area (Å²) in [5.41, 5.74) is 6.17. The van der Waals surface area contributed by atoms with Gasteiger partial charge in [-0.2, -0.15) is 0 Å². The molecule has 0 amide bonds. The number of benzene rings is 2. The number of nitrogens with two attached hydrogens (primary N) is 1. The molecule has 0 aliphatic heterocycles. The molecule has 0 fully saturated rings. The number of hydrogen-bond acceptors (Lipinski definition) is 2. The summed E-state index contributed by atoms with van der Waals surface area (Å²) in [6.07, 6.45) is 0.296. The lowest BCUT2D eigenvalue weighted by atomic mass is 9.94. The Balaban J connectivity index is 2.34. The van der Waals surface area contributed by atoms with Crippen molar-refractivity contribution >= 4 is 0 Å². The van der Waals surface area contributed by atoms with Gasteiger partial charge in [-0.25, -0.2) is 8.78 Å². The van der Waals surface area contributed by atoms with Crippen LogP contribution in [0.5, 0.6) is 0 Å². The van der Waals surface area contributed by atoms with E-state index in [0.29, 0.717) is 12.0 Å². The van der Waals surface area contributed by atoms with Gasteiger partial charge in [0.05, 0.1) is 6.04 Å². The molecule has 106 valence electrons. The largest absolute Gasteiger partial charge is 0.271 e. The van der Waals surface area contributed by atoms with Gasteiger partial charge in [0.2, 0.25) is 0 Å². The van der Waals surface area contributed by atoms with Crippen molar-refractivity contribution in [3.8, 4) is 0 Å². The van der Waals surface area contributed by atoms with Crippen molar-refractivity contribution in [2.75, 3.05) is 0 Å². The lowest BCUT2D eigenvalue weighted by Gasteiger charge is -2.19. The molecule has 4 heteroatoms. The lowest BCUT2D eigenvalue weighted by Crippen LogP contribution is -2.30. The van der Waals surface area contributed by atoms with Gasteiger partial charge >= 0.3 is 0 Å². The molecule has 0 saturated heterocycles. The molecule has 2 aromatic rings. The average molecular weight is 276 g/mol. The van der Waals surface area contributed by atoms with E-state index < -0.39 is 11.6 Å². The zero-order valence-electron chi connectivity index (χ0n) is 11.6. The third-order valence-electron chi connectivity index (χ3n) is 3.47. The second kappa shape index (κ2) is 6.11. The molecule has 0 heterocycles. The highest BCUT2D eigenvalue weighted by Crippen LogP contribution is 2.24. The molecule has 1 atom stereocenters. The van der Waals surface area contributed by atoms with Gasteiger partial charge in [0.25, 0.3) is 0 Å². The smallest absolute Gasteiger partial charge is 0.162 e. The molecule has 2 rings (SSSR count). The quantitative estimate of drug-likeness (QED) is 0.664. The van der Waals surface area contributed by atoms with E-state index in [4.69, 9.17) is 5.84 Å². The van der Waals surface area contributed by atoms with Gasteiger partial charge in [0, 0.05) is 0 Å². The molecule has 0 bridgehead atoms. The van der Waals surface area contributed by atoms with E-state index in [1.807, 2.05) is 32.0 Å². The lowest BCUT2D eigenvalue weighted by molar-refractivity contribution is 0.480. The second-order valence-corrected chi connectivity index (χ2v) is 5.00. The van der Waals surface area contributed by atoms with Crippen LogP contribution < -0.4 is 11.3 Å². The maximum absolute atomic E-state index is 13.8. The maximum atomic E-state index is 13.8.